The third-order valence-electron chi connectivity index (χ3n) is 3.56. The van der Waals surface area contributed by atoms with Crippen molar-refractivity contribution in [2.45, 2.75) is 47.6 Å². The number of rotatable bonds is 7. The van der Waals surface area contributed by atoms with Crippen LogP contribution in [0.3, 0.4) is 0 Å². The largest absolute Gasteiger partial charge is 0.491 e. The number of ether oxygens (including phenoxy) is 1. The molecular weight excluding hydrogens is 248 g/mol. The molecule has 114 valence electrons. The monoisotopic (exact) mass is 278 g/mol. The predicted molar refractivity (Wildman–Crippen MR) is 88.3 cm³/mol. The number of nitrogens with two attached hydrogens (primary N) is 1. The SMILES string of the molecule is CC(C)Oc1cc(N)cc(NCC(C(C)C)C(C)C)c1. The van der Waals surface area contributed by atoms with Crippen molar-refractivity contribution in [2.75, 3.05) is 17.6 Å². The molecule has 3 nitrogen and oxygen atoms in total. The maximum absolute atomic E-state index is 5.94. The Kier molecular flexibility index (Phi) is 6.18. The van der Waals surface area contributed by atoms with Crippen LogP contribution in [0.4, 0.5) is 11.4 Å². The van der Waals surface area contributed by atoms with E-state index in [1.165, 1.54) is 0 Å². The van der Waals surface area contributed by atoms with E-state index in [0.29, 0.717) is 17.8 Å². The Bertz CT molecular complexity index is 405. The van der Waals surface area contributed by atoms with Crippen LogP contribution in [0.25, 0.3) is 0 Å². The Morgan fingerprint density at radius 1 is 1.00 bits per heavy atom. The highest BCUT2D eigenvalue weighted by Gasteiger charge is 2.17. The fraction of sp³-hybridized carbons (Fsp3) is 0.647. The number of hydrogen-bond acceptors (Lipinski definition) is 3. The van der Waals surface area contributed by atoms with Gasteiger partial charge in [0.05, 0.1) is 6.10 Å². The number of nitrogen functional groups attached to an aromatic ring is 1. The summed E-state index contributed by atoms with van der Waals surface area (Å²) in [5, 5.41) is 3.50. The van der Waals surface area contributed by atoms with E-state index in [9.17, 15) is 0 Å². The van der Waals surface area contributed by atoms with Crippen LogP contribution in [0.5, 0.6) is 5.75 Å². The lowest BCUT2D eigenvalue weighted by Crippen LogP contribution is -2.24. The first-order valence-corrected chi connectivity index (χ1v) is 7.60. The van der Waals surface area contributed by atoms with Crippen molar-refractivity contribution in [3.63, 3.8) is 0 Å². The third-order valence-corrected chi connectivity index (χ3v) is 3.56. The molecule has 0 amide bonds. The summed E-state index contributed by atoms with van der Waals surface area (Å²) in [5.41, 5.74) is 7.71. The van der Waals surface area contributed by atoms with E-state index in [1.54, 1.807) is 0 Å². The minimum atomic E-state index is 0.156. The maximum atomic E-state index is 5.94. The summed E-state index contributed by atoms with van der Waals surface area (Å²) in [5.74, 6) is 2.80. The molecule has 0 atom stereocenters. The van der Waals surface area contributed by atoms with E-state index in [-0.39, 0.29) is 6.10 Å². The molecule has 0 aliphatic heterocycles. The molecule has 1 aromatic rings. The van der Waals surface area contributed by atoms with Gasteiger partial charge < -0.3 is 15.8 Å². The number of benzene rings is 1. The summed E-state index contributed by atoms with van der Waals surface area (Å²) < 4.78 is 5.72. The molecule has 0 saturated carbocycles. The zero-order valence-electron chi connectivity index (χ0n) is 13.7. The number of nitrogens with one attached hydrogen (secondary N) is 1. The predicted octanol–water partition coefficient (Wildman–Crippen LogP) is 4.40. The minimum Gasteiger partial charge on any atom is -0.491 e. The van der Waals surface area contributed by atoms with Crippen molar-refractivity contribution in [1.82, 2.24) is 0 Å². The average Bonchev–Trinajstić information content (AvgIpc) is 2.26. The summed E-state index contributed by atoms with van der Waals surface area (Å²) in [6, 6.07) is 5.85. The first-order valence-electron chi connectivity index (χ1n) is 7.60. The van der Waals surface area contributed by atoms with E-state index < -0.39 is 0 Å². The molecule has 0 aliphatic rings. The number of hydrogen-bond donors (Lipinski definition) is 2. The van der Waals surface area contributed by atoms with Crippen molar-refractivity contribution in [2.24, 2.45) is 17.8 Å². The van der Waals surface area contributed by atoms with Crippen LogP contribution in [-0.2, 0) is 0 Å². The van der Waals surface area contributed by atoms with Crippen molar-refractivity contribution in [3.05, 3.63) is 18.2 Å². The van der Waals surface area contributed by atoms with Gasteiger partial charge in [0, 0.05) is 30.1 Å². The molecule has 0 fully saturated rings. The van der Waals surface area contributed by atoms with Crippen LogP contribution in [-0.4, -0.2) is 12.6 Å². The van der Waals surface area contributed by atoms with E-state index in [4.69, 9.17) is 10.5 Å². The Balaban J connectivity index is 2.74. The lowest BCUT2D eigenvalue weighted by Gasteiger charge is -2.25. The third kappa shape index (κ3) is 5.32. The smallest absolute Gasteiger partial charge is 0.123 e. The van der Waals surface area contributed by atoms with Gasteiger partial charge in [0.15, 0.2) is 0 Å². The maximum Gasteiger partial charge on any atom is 0.123 e. The van der Waals surface area contributed by atoms with Gasteiger partial charge in [-0.25, -0.2) is 0 Å². The second-order valence-corrected chi connectivity index (χ2v) is 6.49. The lowest BCUT2D eigenvalue weighted by atomic mass is 9.85. The molecule has 3 N–H and O–H groups in total. The van der Waals surface area contributed by atoms with Crippen LogP contribution in [0.2, 0.25) is 0 Å². The fourth-order valence-electron chi connectivity index (χ4n) is 2.54. The number of anilines is 2. The van der Waals surface area contributed by atoms with Gasteiger partial charge in [0.2, 0.25) is 0 Å². The van der Waals surface area contributed by atoms with Crippen LogP contribution in [0.15, 0.2) is 18.2 Å². The van der Waals surface area contributed by atoms with Crippen LogP contribution in [0.1, 0.15) is 41.5 Å². The highest BCUT2D eigenvalue weighted by atomic mass is 16.5. The molecule has 0 heterocycles. The lowest BCUT2D eigenvalue weighted by molar-refractivity contribution is 0.242. The summed E-state index contributed by atoms with van der Waals surface area (Å²) in [6.45, 7) is 14.1. The Morgan fingerprint density at radius 2 is 1.60 bits per heavy atom. The molecule has 1 aromatic carbocycles. The fourth-order valence-corrected chi connectivity index (χ4v) is 2.54. The van der Waals surface area contributed by atoms with Crippen molar-refractivity contribution >= 4 is 11.4 Å². The van der Waals surface area contributed by atoms with Gasteiger partial charge in [-0.3, -0.25) is 0 Å². The molecule has 3 heteroatoms. The topological polar surface area (TPSA) is 47.3 Å². The Labute approximate surface area is 123 Å². The van der Waals surface area contributed by atoms with Crippen molar-refractivity contribution in [1.29, 1.82) is 0 Å². The summed E-state index contributed by atoms with van der Waals surface area (Å²) in [4.78, 5) is 0. The zero-order valence-corrected chi connectivity index (χ0v) is 13.7. The van der Waals surface area contributed by atoms with Gasteiger partial charge in [-0.2, -0.15) is 0 Å². The van der Waals surface area contributed by atoms with Gasteiger partial charge >= 0.3 is 0 Å². The molecule has 20 heavy (non-hydrogen) atoms. The summed E-state index contributed by atoms with van der Waals surface area (Å²) >= 11 is 0. The summed E-state index contributed by atoms with van der Waals surface area (Å²) in [7, 11) is 0. The first-order chi connectivity index (χ1) is 9.29. The molecule has 0 spiro atoms. The molecular formula is C17H30N2O. The quantitative estimate of drug-likeness (QED) is 0.727. The van der Waals surface area contributed by atoms with Crippen molar-refractivity contribution in [3.8, 4) is 5.75 Å². The van der Waals surface area contributed by atoms with Crippen molar-refractivity contribution < 1.29 is 4.74 Å². The van der Waals surface area contributed by atoms with Gasteiger partial charge in [0.25, 0.3) is 0 Å². The molecule has 0 radical (unpaired) electrons. The molecule has 0 aliphatic carbocycles. The second-order valence-electron chi connectivity index (χ2n) is 6.49. The molecule has 0 aromatic heterocycles. The van der Waals surface area contributed by atoms with Gasteiger partial charge in [-0.15, -0.1) is 0 Å². The Morgan fingerprint density at radius 3 is 2.10 bits per heavy atom. The highest BCUT2D eigenvalue weighted by Crippen LogP contribution is 2.26. The van der Waals surface area contributed by atoms with E-state index >= 15 is 0 Å². The molecule has 0 unspecified atom stereocenters. The highest BCUT2D eigenvalue weighted by molar-refractivity contribution is 5.59. The standard InChI is InChI=1S/C17H30N2O/c1-11(2)17(12(3)4)10-19-15-7-14(18)8-16(9-15)20-13(5)6/h7-9,11-13,17,19H,10,18H2,1-6H3. The molecule has 1 rings (SSSR count). The average molecular weight is 278 g/mol. The van der Waals surface area contributed by atoms with Crippen LogP contribution < -0.4 is 15.8 Å². The summed E-state index contributed by atoms with van der Waals surface area (Å²) in [6.07, 6.45) is 0.156. The minimum absolute atomic E-state index is 0.156. The van der Waals surface area contributed by atoms with Gasteiger partial charge in [-0.05, 0) is 37.7 Å². The Hall–Kier alpha value is -1.38. The molecule has 0 bridgehead atoms. The molecule has 0 saturated heterocycles. The van der Waals surface area contributed by atoms with Crippen LogP contribution >= 0.6 is 0 Å². The van der Waals surface area contributed by atoms with E-state index in [0.717, 1.165) is 23.7 Å². The van der Waals surface area contributed by atoms with E-state index in [2.05, 4.69) is 33.0 Å². The van der Waals surface area contributed by atoms with Crippen LogP contribution in [0, 0.1) is 17.8 Å². The van der Waals surface area contributed by atoms with E-state index in [1.807, 2.05) is 32.0 Å². The zero-order chi connectivity index (χ0) is 15.3. The van der Waals surface area contributed by atoms with Gasteiger partial charge in [0.1, 0.15) is 5.75 Å². The van der Waals surface area contributed by atoms with Gasteiger partial charge in [-0.1, -0.05) is 27.7 Å². The first kappa shape index (κ1) is 16.7. The normalized spacial score (nSPS) is 11.7. The second kappa shape index (κ2) is 7.41.